The van der Waals surface area contributed by atoms with Crippen molar-refractivity contribution >= 4 is 34.2 Å². The number of rotatable bonds is 4. The van der Waals surface area contributed by atoms with E-state index in [0.717, 1.165) is 55.4 Å². The molecule has 1 N–H and O–H groups in total. The summed E-state index contributed by atoms with van der Waals surface area (Å²) in [5, 5.41) is 14.8. The Bertz CT molecular complexity index is 726. The van der Waals surface area contributed by atoms with Crippen molar-refractivity contribution in [1.82, 2.24) is 0 Å². The summed E-state index contributed by atoms with van der Waals surface area (Å²) < 4.78 is 4.97. The van der Waals surface area contributed by atoms with Crippen molar-refractivity contribution in [2.24, 2.45) is 11.8 Å². The Morgan fingerprint density at radius 2 is 1.67 bits per heavy atom. The number of fused-ring (bicyclic) bond motifs is 1. The average Bonchev–Trinajstić information content (AvgIpc) is 2.97. The lowest BCUT2D eigenvalue weighted by molar-refractivity contribution is -0.313. The highest BCUT2D eigenvalue weighted by atomic mass is 32.1. The summed E-state index contributed by atoms with van der Waals surface area (Å²) >= 11 is 1.43. The lowest BCUT2D eigenvalue weighted by atomic mass is 9.78. The minimum absolute atomic E-state index is 0.330. The molecule has 1 heterocycles. The molecule has 1 saturated carbocycles. The van der Waals surface area contributed by atoms with E-state index in [0.29, 0.717) is 23.4 Å². The number of ether oxygens (including phenoxy) is 1. The molecule has 6 nitrogen and oxygen atoms in total. The van der Waals surface area contributed by atoms with Crippen LogP contribution in [0.3, 0.4) is 0 Å². The van der Waals surface area contributed by atoms with Crippen molar-refractivity contribution in [3.8, 4) is 0 Å². The zero-order valence-corrected chi connectivity index (χ0v) is 16.5. The lowest BCUT2D eigenvalue weighted by Gasteiger charge is -2.31. The summed E-state index contributed by atoms with van der Waals surface area (Å²) in [6.07, 6.45) is 8.69. The maximum Gasteiger partial charge on any atom is 0.341 e. The van der Waals surface area contributed by atoms with Gasteiger partial charge in [-0.15, -0.1) is 11.3 Å². The van der Waals surface area contributed by atoms with Gasteiger partial charge in [0.25, 0.3) is 0 Å². The Hall–Kier alpha value is -1.89. The van der Waals surface area contributed by atoms with Gasteiger partial charge in [-0.1, -0.05) is 25.7 Å². The van der Waals surface area contributed by atoms with Gasteiger partial charge in [-0.05, 0) is 44.1 Å². The number of carboxylic acids is 1. The van der Waals surface area contributed by atoms with E-state index in [1.807, 2.05) is 0 Å². The predicted molar refractivity (Wildman–Crippen MR) is 101 cm³/mol. The van der Waals surface area contributed by atoms with Gasteiger partial charge in [0.15, 0.2) is 0 Å². The fourth-order valence-electron chi connectivity index (χ4n) is 4.26. The average molecular weight is 392 g/mol. The van der Waals surface area contributed by atoms with E-state index in [-0.39, 0.29) is 5.91 Å². The van der Waals surface area contributed by atoms with Gasteiger partial charge >= 0.3 is 5.97 Å². The van der Waals surface area contributed by atoms with Crippen molar-refractivity contribution in [3.05, 3.63) is 16.0 Å². The molecule has 1 fully saturated rings. The van der Waals surface area contributed by atoms with E-state index in [9.17, 15) is 19.5 Å². The van der Waals surface area contributed by atoms with Crippen LogP contribution in [-0.2, 0) is 27.2 Å². The lowest BCUT2D eigenvalue weighted by Crippen LogP contribution is -2.42. The van der Waals surface area contributed by atoms with Crippen molar-refractivity contribution in [1.29, 1.82) is 0 Å². The second-order valence-electron chi connectivity index (χ2n) is 7.42. The standard InChI is InChI=1S/C20H27NO5S/c1-26-20(25)16-14-10-4-2-3-5-11-15(14)27-18(16)21-17(22)12-8-6-7-9-13(12)19(23)24/h12-13H,2-11H2,1H3,(H,21,22)(H,23,24)/p-1/t12-,13+/m0/s1. The molecule has 0 unspecified atom stereocenters. The molecule has 0 saturated heterocycles. The molecular formula is C20H26NO5S-. The van der Waals surface area contributed by atoms with Crippen LogP contribution in [0.15, 0.2) is 0 Å². The number of carbonyl (C=O) groups is 3. The number of aryl methyl sites for hydroxylation is 1. The van der Waals surface area contributed by atoms with Crippen molar-refractivity contribution in [2.75, 3.05) is 12.4 Å². The number of hydrogen-bond donors (Lipinski definition) is 1. The van der Waals surface area contributed by atoms with Crippen LogP contribution >= 0.6 is 11.3 Å². The molecule has 2 aliphatic carbocycles. The number of aliphatic carboxylic acids is 1. The van der Waals surface area contributed by atoms with E-state index in [4.69, 9.17) is 4.74 Å². The zero-order valence-electron chi connectivity index (χ0n) is 15.7. The van der Waals surface area contributed by atoms with Gasteiger partial charge in [0, 0.05) is 22.7 Å². The Balaban J connectivity index is 1.89. The molecule has 2 aliphatic rings. The highest BCUT2D eigenvalue weighted by molar-refractivity contribution is 7.17. The summed E-state index contributed by atoms with van der Waals surface area (Å²) in [6, 6.07) is 0. The van der Waals surface area contributed by atoms with Crippen molar-refractivity contribution < 1.29 is 24.2 Å². The molecule has 1 aromatic heterocycles. The van der Waals surface area contributed by atoms with Crippen LogP contribution in [0, 0.1) is 11.8 Å². The number of thiophene rings is 1. The van der Waals surface area contributed by atoms with Gasteiger partial charge in [0.05, 0.1) is 12.7 Å². The molecule has 27 heavy (non-hydrogen) atoms. The number of methoxy groups -OCH3 is 1. The van der Waals surface area contributed by atoms with Crippen LogP contribution in [-0.4, -0.2) is 25.0 Å². The zero-order chi connectivity index (χ0) is 19.4. The summed E-state index contributed by atoms with van der Waals surface area (Å²) in [5.41, 5.74) is 1.44. The van der Waals surface area contributed by atoms with E-state index in [1.165, 1.54) is 24.9 Å². The number of esters is 1. The fourth-order valence-corrected chi connectivity index (χ4v) is 5.54. The number of anilines is 1. The van der Waals surface area contributed by atoms with E-state index in [1.54, 1.807) is 0 Å². The first kappa shape index (κ1) is 19.9. The summed E-state index contributed by atoms with van der Waals surface area (Å²) in [5.74, 6) is -3.31. The smallest absolute Gasteiger partial charge is 0.341 e. The van der Waals surface area contributed by atoms with Gasteiger partial charge in [-0.25, -0.2) is 4.79 Å². The molecule has 0 aromatic carbocycles. The van der Waals surface area contributed by atoms with Crippen LogP contribution in [0.2, 0.25) is 0 Å². The van der Waals surface area contributed by atoms with E-state index >= 15 is 0 Å². The molecule has 0 aliphatic heterocycles. The quantitative estimate of drug-likeness (QED) is 0.795. The summed E-state index contributed by atoms with van der Waals surface area (Å²) in [4.78, 5) is 37.8. The third-order valence-electron chi connectivity index (χ3n) is 5.70. The third-order valence-corrected chi connectivity index (χ3v) is 6.91. The number of amides is 1. The van der Waals surface area contributed by atoms with Gasteiger partial charge < -0.3 is 20.0 Å². The van der Waals surface area contributed by atoms with Gasteiger partial charge in [0.2, 0.25) is 5.91 Å². The monoisotopic (exact) mass is 392 g/mol. The number of carbonyl (C=O) groups excluding carboxylic acids is 3. The van der Waals surface area contributed by atoms with E-state index < -0.39 is 23.8 Å². The van der Waals surface area contributed by atoms with Crippen LogP contribution in [0.5, 0.6) is 0 Å². The number of hydrogen-bond acceptors (Lipinski definition) is 6. The molecule has 3 rings (SSSR count). The van der Waals surface area contributed by atoms with Crippen molar-refractivity contribution in [2.45, 2.75) is 64.2 Å². The summed E-state index contributed by atoms with van der Waals surface area (Å²) in [7, 11) is 1.34. The Kier molecular flexibility index (Phi) is 6.52. The minimum Gasteiger partial charge on any atom is -0.550 e. The topological polar surface area (TPSA) is 95.5 Å². The van der Waals surface area contributed by atoms with Crippen LogP contribution < -0.4 is 10.4 Å². The maximum absolute atomic E-state index is 12.8. The molecule has 0 bridgehead atoms. The van der Waals surface area contributed by atoms with Crippen LogP contribution in [0.25, 0.3) is 0 Å². The summed E-state index contributed by atoms with van der Waals surface area (Å²) in [6.45, 7) is 0. The second kappa shape index (κ2) is 8.87. The molecule has 1 amide bonds. The molecule has 148 valence electrons. The molecule has 2 atom stereocenters. The molecule has 1 aromatic rings. The Morgan fingerprint density at radius 3 is 2.33 bits per heavy atom. The normalized spacial score (nSPS) is 22.9. The van der Waals surface area contributed by atoms with Crippen molar-refractivity contribution in [3.63, 3.8) is 0 Å². The largest absolute Gasteiger partial charge is 0.550 e. The molecular weight excluding hydrogens is 366 g/mol. The van der Waals surface area contributed by atoms with Gasteiger partial charge in [-0.3, -0.25) is 4.79 Å². The first-order valence-corrected chi connectivity index (χ1v) is 10.6. The Labute approximate surface area is 163 Å². The second-order valence-corrected chi connectivity index (χ2v) is 8.52. The van der Waals surface area contributed by atoms with Crippen LogP contribution in [0.1, 0.15) is 72.2 Å². The highest BCUT2D eigenvalue weighted by Crippen LogP contribution is 2.39. The van der Waals surface area contributed by atoms with E-state index in [2.05, 4.69) is 5.32 Å². The van der Waals surface area contributed by atoms with Gasteiger partial charge in [0.1, 0.15) is 5.00 Å². The predicted octanol–water partition coefficient (Wildman–Crippen LogP) is 2.69. The fraction of sp³-hybridized carbons (Fsp3) is 0.650. The van der Waals surface area contributed by atoms with Crippen LogP contribution in [0.4, 0.5) is 5.00 Å². The van der Waals surface area contributed by atoms with Gasteiger partial charge in [-0.2, -0.15) is 0 Å². The number of nitrogens with one attached hydrogen (secondary N) is 1. The number of carboxylic acid groups (broad SMARTS) is 1. The SMILES string of the molecule is COC(=O)c1c(NC(=O)[C@H]2CCCC[C@H]2C(=O)[O-])sc2c1CCCCCC2. The maximum atomic E-state index is 12.8. The molecule has 0 spiro atoms. The first-order valence-electron chi connectivity index (χ1n) is 9.77. The third kappa shape index (κ3) is 4.34. The minimum atomic E-state index is -1.17. The molecule has 0 radical (unpaired) electrons. The highest BCUT2D eigenvalue weighted by Gasteiger charge is 2.33. The molecule has 7 heteroatoms. The first-order chi connectivity index (χ1) is 13.0. The Morgan fingerprint density at radius 1 is 1.00 bits per heavy atom.